The highest BCUT2D eigenvalue weighted by Gasteiger charge is 2.17. The number of fused-ring (bicyclic) bond motifs is 3. The molecule has 0 aliphatic heterocycles. The Morgan fingerprint density at radius 2 is 0.962 bits per heavy atom. The number of benzene rings is 2. The summed E-state index contributed by atoms with van der Waals surface area (Å²) in [6.07, 6.45) is 8.69. The lowest BCUT2D eigenvalue weighted by molar-refractivity contribution is -0.689. The maximum absolute atomic E-state index is 2.23. The Hall–Kier alpha value is -3.40. The zero-order valence-corrected chi connectivity index (χ0v) is 14.4. The van der Waals surface area contributed by atoms with Crippen LogP contribution in [0.15, 0.2) is 97.8 Å². The molecule has 0 fully saturated rings. The molecule has 26 heavy (non-hydrogen) atoms. The van der Waals surface area contributed by atoms with Crippen molar-refractivity contribution in [2.24, 2.45) is 0 Å². The second-order valence-electron chi connectivity index (χ2n) is 6.68. The average Bonchev–Trinajstić information content (AvgIpc) is 3.26. The summed E-state index contributed by atoms with van der Waals surface area (Å²) in [6.45, 7) is 1.74. The molecule has 0 aliphatic carbocycles. The number of hydrogen-bond acceptors (Lipinski definition) is 0. The Bertz CT molecular complexity index is 1080. The van der Waals surface area contributed by atoms with E-state index in [4.69, 9.17) is 0 Å². The Labute approximate surface area is 151 Å². The van der Waals surface area contributed by atoms with Gasteiger partial charge in [-0.05, 0) is 32.3 Å². The third kappa shape index (κ3) is 2.75. The molecule has 0 spiro atoms. The Balaban J connectivity index is 1.52. The third-order valence-electron chi connectivity index (χ3n) is 4.71. The van der Waals surface area contributed by atoms with E-state index in [1.165, 1.54) is 22.2 Å². The van der Waals surface area contributed by atoms with Crippen molar-refractivity contribution in [3.8, 4) is 0 Å². The highest BCUT2D eigenvalue weighted by atomic mass is 15.4. The molecule has 0 saturated carbocycles. The summed E-state index contributed by atoms with van der Waals surface area (Å²) >= 11 is 0. The van der Waals surface area contributed by atoms with E-state index in [2.05, 4.69) is 116 Å². The summed E-state index contributed by atoms with van der Waals surface area (Å²) in [7, 11) is 0. The van der Waals surface area contributed by atoms with Gasteiger partial charge in [0.15, 0.2) is 0 Å². The predicted molar refractivity (Wildman–Crippen MR) is 99.8 cm³/mol. The van der Waals surface area contributed by atoms with Crippen LogP contribution in [-0.4, -0.2) is 9.03 Å². The molecule has 4 heteroatoms. The molecule has 3 aromatic heterocycles. The van der Waals surface area contributed by atoms with Gasteiger partial charge in [-0.3, -0.25) is 0 Å². The first-order valence-corrected chi connectivity index (χ1v) is 8.85. The van der Waals surface area contributed by atoms with Gasteiger partial charge in [0.05, 0.1) is 0 Å². The van der Waals surface area contributed by atoms with Gasteiger partial charge in [0.2, 0.25) is 11.0 Å². The minimum absolute atomic E-state index is 0.870. The minimum atomic E-state index is 0.870. The van der Waals surface area contributed by atoms with Crippen LogP contribution in [0, 0.1) is 0 Å². The summed E-state index contributed by atoms with van der Waals surface area (Å²) in [5.41, 5.74) is 4.96. The molecule has 4 nitrogen and oxygen atoms in total. The van der Waals surface area contributed by atoms with Crippen molar-refractivity contribution in [2.75, 3.05) is 0 Å². The first-order valence-electron chi connectivity index (χ1n) is 8.85. The lowest BCUT2D eigenvalue weighted by atomic mass is 10.2. The maximum atomic E-state index is 2.23. The van der Waals surface area contributed by atoms with E-state index < -0.39 is 0 Å². The standard InChI is InChI=1S/C22H20N4/c1-3-7-19(8-4-1)13-23-15-21-11-12-22-16-24(18-26(22)25(21)17-23)14-20-9-5-2-6-10-20/h1-12,15-18H,13-14H2/q+2. The third-order valence-corrected chi connectivity index (χ3v) is 4.71. The van der Waals surface area contributed by atoms with Gasteiger partial charge >= 0.3 is 0 Å². The summed E-state index contributed by atoms with van der Waals surface area (Å²) in [6, 6.07) is 25.4. The largest absolute Gasteiger partial charge is 0.287 e. The molecule has 0 amide bonds. The van der Waals surface area contributed by atoms with Gasteiger partial charge in [-0.15, -0.1) is 0 Å². The number of nitrogens with zero attached hydrogens (tertiary/aromatic N) is 4. The molecule has 0 unspecified atom stereocenters. The highest BCUT2D eigenvalue weighted by molar-refractivity contribution is 5.51. The van der Waals surface area contributed by atoms with E-state index in [1.807, 2.05) is 0 Å². The summed E-state index contributed by atoms with van der Waals surface area (Å²) < 4.78 is 8.84. The SMILES string of the molecule is c1ccc(C[n+]2cc3ccc4c[n+](Cc5ccccc5)cn4n3c2)cc1. The molecule has 3 heterocycles. The van der Waals surface area contributed by atoms with Crippen molar-refractivity contribution in [1.29, 1.82) is 0 Å². The fraction of sp³-hybridized carbons (Fsp3) is 0.0909. The molecule has 0 bridgehead atoms. The monoisotopic (exact) mass is 340 g/mol. The fourth-order valence-electron chi connectivity index (χ4n) is 3.47. The molecule has 0 radical (unpaired) electrons. The smallest absolute Gasteiger partial charge is 0.229 e. The normalized spacial score (nSPS) is 11.4. The van der Waals surface area contributed by atoms with Gasteiger partial charge in [-0.1, -0.05) is 60.7 Å². The van der Waals surface area contributed by atoms with E-state index in [9.17, 15) is 0 Å². The van der Waals surface area contributed by atoms with E-state index >= 15 is 0 Å². The lowest BCUT2D eigenvalue weighted by Crippen LogP contribution is -2.32. The molecule has 0 aliphatic rings. The van der Waals surface area contributed by atoms with Crippen molar-refractivity contribution in [1.82, 2.24) is 9.03 Å². The van der Waals surface area contributed by atoms with Gasteiger partial charge in [0.1, 0.15) is 25.5 Å². The second-order valence-corrected chi connectivity index (χ2v) is 6.68. The molecule has 5 rings (SSSR count). The Kier molecular flexibility index (Phi) is 3.53. The van der Waals surface area contributed by atoms with Crippen molar-refractivity contribution >= 4 is 11.0 Å². The molecule has 0 atom stereocenters. The van der Waals surface area contributed by atoms with Crippen molar-refractivity contribution in [3.05, 3.63) is 109 Å². The number of aromatic nitrogens is 4. The first kappa shape index (κ1) is 14.9. The topological polar surface area (TPSA) is 16.6 Å². The van der Waals surface area contributed by atoms with Crippen LogP contribution in [0.2, 0.25) is 0 Å². The summed E-state index contributed by atoms with van der Waals surface area (Å²) in [5.74, 6) is 0. The molecular formula is C22H20N4+2. The van der Waals surface area contributed by atoms with Crippen LogP contribution in [0.4, 0.5) is 0 Å². The van der Waals surface area contributed by atoms with Crippen LogP contribution < -0.4 is 9.13 Å². The Morgan fingerprint density at radius 1 is 0.538 bits per heavy atom. The maximum Gasteiger partial charge on any atom is 0.287 e. The number of rotatable bonds is 4. The lowest BCUT2D eigenvalue weighted by Gasteiger charge is -1.95. The highest BCUT2D eigenvalue weighted by Crippen LogP contribution is 2.07. The van der Waals surface area contributed by atoms with E-state index in [-0.39, 0.29) is 0 Å². The van der Waals surface area contributed by atoms with Crippen molar-refractivity contribution in [2.45, 2.75) is 13.1 Å². The van der Waals surface area contributed by atoms with Gasteiger partial charge in [-0.25, -0.2) is 9.13 Å². The van der Waals surface area contributed by atoms with Crippen LogP contribution in [0.3, 0.4) is 0 Å². The van der Waals surface area contributed by atoms with Crippen LogP contribution in [-0.2, 0) is 13.1 Å². The minimum Gasteiger partial charge on any atom is -0.229 e. The zero-order valence-electron chi connectivity index (χ0n) is 14.4. The van der Waals surface area contributed by atoms with Gasteiger partial charge in [-0.2, -0.15) is 0 Å². The average molecular weight is 340 g/mol. The number of hydrogen-bond donors (Lipinski definition) is 0. The van der Waals surface area contributed by atoms with E-state index in [0.29, 0.717) is 0 Å². The second kappa shape index (κ2) is 6.15. The summed E-state index contributed by atoms with van der Waals surface area (Å²) in [5, 5.41) is 0. The molecule has 0 N–H and O–H groups in total. The molecular weight excluding hydrogens is 320 g/mol. The van der Waals surface area contributed by atoms with Gasteiger partial charge in [0, 0.05) is 0 Å². The van der Waals surface area contributed by atoms with Crippen LogP contribution in [0.1, 0.15) is 11.1 Å². The summed E-state index contributed by atoms with van der Waals surface area (Å²) in [4.78, 5) is 0. The quantitative estimate of drug-likeness (QED) is 0.448. The Morgan fingerprint density at radius 3 is 1.38 bits per heavy atom. The molecule has 2 aromatic carbocycles. The molecule has 5 aromatic rings. The van der Waals surface area contributed by atoms with Crippen LogP contribution >= 0.6 is 0 Å². The van der Waals surface area contributed by atoms with E-state index in [0.717, 1.165) is 13.1 Å². The fourth-order valence-corrected chi connectivity index (χ4v) is 3.47. The number of imidazole rings is 2. The molecule has 126 valence electrons. The van der Waals surface area contributed by atoms with Gasteiger partial charge in [0.25, 0.3) is 12.7 Å². The first-order chi connectivity index (χ1) is 12.8. The van der Waals surface area contributed by atoms with Crippen LogP contribution in [0.25, 0.3) is 11.0 Å². The van der Waals surface area contributed by atoms with E-state index in [1.54, 1.807) is 0 Å². The zero-order chi connectivity index (χ0) is 17.3. The molecule has 0 saturated heterocycles. The van der Waals surface area contributed by atoms with Crippen molar-refractivity contribution < 1.29 is 9.13 Å². The predicted octanol–water partition coefficient (Wildman–Crippen LogP) is 2.86. The van der Waals surface area contributed by atoms with Crippen molar-refractivity contribution in [3.63, 3.8) is 0 Å². The van der Waals surface area contributed by atoms with Gasteiger partial charge < -0.3 is 0 Å². The van der Waals surface area contributed by atoms with Crippen LogP contribution in [0.5, 0.6) is 0 Å².